The first-order valence-electron chi connectivity index (χ1n) is 11.0. The van der Waals surface area contributed by atoms with Crippen LogP contribution in [0, 0.1) is 6.92 Å². The second-order valence-electron chi connectivity index (χ2n) is 7.98. The highest BCUT2D eigenvalue weighted by molar-refractivity contribution is 7.11. The fraction of sp³-hybridized carbons (Fsp3) is 0.308. The minimum absolute atomic E-state index is 0.0517. The molecule has 0 atom stereocenters. The number of carbonyl (C=O) groups excluding carboxylic acids is 2. The molecule has 8 heteroatoms. The zero-order chi connectivity index (χ0) is 24.5. The zero-order valence-electron chi connectivity index (χ0n) is 19.3. The number of hydrogen-bond donors (Lipinski definition) is 0. The molecule has 1 heterocycles. The van der Waals surface area contributed by atoms with Gasteiger partial charge in [-0.15, -0.1) is 11.3 Å². The Labute approximate surface area is 214 Å². The van der Waals surface area contributed by atoms with Crippen LogP contribution in [0.3, 0.4) is 0 Å². The zero-order valence-corrected chi connectivity index (χ0v) is 21.6. The van der Waals surface area contributed by atoms with Crippen molar-refractivity contribution in [1.82, 2.24) is 9.80 Å². The van der Waals surface area contributed by atoms with E-state index in [0.717, 1.165) is 10.4 Å². The lowest BCUT2D eigenvalue weighted by atomic mass is 10.1. The van der Waals surface area contributed by atoms with Crippen molar-refractivity contribution in [3.8, 4) is 0 Å². The molecule has 0 radical (unpaired) electrons. The highest BCUT2D eigenvalue weighted by atomic mass is 35.5. The molecule has 0 fully saturated rings. The van der Waals surface area contributed by atoms with E-state index >= 15 is 0 Å². The van der Waals surface area contributed by atoms with Crippen LogP contribution in [0.15, 0.2) is 60.7 Å². The Kier molecular flexibility index (Phi) is 9.96. The summed E-state index contributed by atoms with van der Waals surface area (Å²) in [6, 6.07) is 18.7. The summed E-state index contributed by atoms with van der Waals surface area (Å²) in [5.74, 6) is -0.422. The summed E-state index contributed by atoms with van der Waals surface area (Å²) in [6.07, 6.45) is 0.604. The molecule has 0 saturated heterocycles. The predicted molar refractivity (Wildman–Crippen MR) is 139 cm³/mol. The van der Waals surface area contributed by atoms with Crippen molar-refractivity contribution in [3.63, 3.8) is 0 Å². The van der Waals surface area contributed by atoms with Crippen LogP contribution in [-0.4, -0.2) is 48.4 Å². The van der Waals surface area contributed by atoms with E-state index < -0.39 is 0 Å². The number of thiophene rings is 1. The standard InChI is InChI=1S/C26H28Cl2N2O3S/c1-19-9-10-24(34-19)17-30(16-20-7-4-3-5-8-20)25(31)18-29(11-6-12-33-2)26(32)21-13-22(27)15-23(28)14-21/h3-5,7-10,13-15H,6,11-12,16-18H2,1-2H3. The fourth-order valence-corrected chi connectivity index (χ4v) is 5.00. The second-order valence-corrected chi connectivity index (χ2v) is 10.2. The summed E-state index contributed by atoms with van der Waals surface area (Å²) >= 11 is 13.9. The van der Waals surface area contributed by atoms with Crippen molar-refractivity contribution in [2.24, 2.45) is 0 Å². The van der Waals surface area contributed by atoms with Gasteiger partial charge in [0.15, 0.2) is 0 Å². The van der Waals surface area contributed by atoms with Crippen LogP contribution in [0.5, 0.6) is 0 Å². The van der Waals surface area contributed by atoms with Crippen molar-refractivity contribution in [3.05, 3.63) is 91.6 Å². The average molecular weight is 519 g/mol. The number of benzene rings is 2. The Hall–Kier alpha value is -2.38. The number of rotatable bonds is 11. The molecule has 0 spiro atoms. The van der Waals surface area contributed by atoms with Gasteiger partial charge < -0.3 is 14.5 Å². The summed E-state index contributed by atoms with van der Waals surface area (Å²) in [5, 5.41) is 0.746. The molecule has 0 saturated carbocycles. The molecule has 2 amide bonds. The predicted octanol–water partition coefficient (Wildman–Crippen LogP) is 6.07. The number of nitrogens with zero attached hydrogens (tertiary/aromatic N) is 2. The Balaban J connectivity index is 1.82. The van der Waals surface area contributed by atoms with Crippen molar-refractivity contribution < 1.29 is 14.3 Å². The lowest BCUT2D eigenvalue weighted by Crippen LogP contribution is -2.43. The molecule has 34 heavy (non-hydrogen) atoms. The molecule has 0 bridgehead atoms. The Bertz CT molecular complexity index is 1080. The highest BCUT2D eigenvalue weighted by Crippen LogP contribution is 2.22. The molecule has 0 aliphatic heterocycles. The third kappa shape index (κ3) is 7.84. The van der Waals surface area contributed by atoms with Crippen LogP contribution in [-0.2, 0) is 22.6 Å². The van der Waals surface area contributed by atoms with Gasteiger partial charge in [-0.3, -0.25) is 9.59 Å². The van der Waals surface area contributed by atoms with E-state index in [0.29, 0.717) is 48.3 Å². The first-order chi connectivity index (χ1) is 16.4. The highest BCUT2D eigenvalue weighted by Gasteiger charge is 2.23. The third-order valence-corrected chi connectivity index (χ3v) is 6.63. The number of halogens is 2. The smallest absolute Gasteiger partial charge is 0.254 e. The Morgan fingerprint density at radius 3 is 2.26 bits per heavy atom. The topological polar surface area (TPSA) is 49.9 Å². The van der Waals surface area contributed by atoms with Gasteiger partial charge in [-0.2, -0.15) is 0 Å². The van der Waals surface area contributed by atoms with Crippen molar-refractivity contribution in [2.45, 2.75) is 26.4 Å². The minimum atomic E-state index is -0.291. The minimum Gasteiger partial charge on any atom is -0.385 e. The van der Waals surface area contributed by atoms with Gasteiger partial charge in [0.25, 0.3) is 5.91 Å². The summed E-state index contributed by atoms with van der Waals surface area (Å²) in [5.41, 5.74) is 1.38. The van der Waals surface area contributed by atoms with Crippen LogP contribution >= 0.6 is 34.5 Å². The van der Waals surface area contributed by atoms with Crippen LogP contribution in [0.4, 0.5) is 0 Å². The molecule has 3 aromatic rings. The van der Waals surface area contributed by atoms with Gasteiger partial charge in [0.1, 0.15) is 6.54 Å². The fourth-order valence-electron chi connectivity index (χ4n) is 3.57. The van der Waals surface area contributed by atoms with E-state index in [4.69, 9.17) is 27.9 Å². The van der Waals surface area contributed by atoms with Gasteiger partial charge in [0, 0.05) is 52.2 Å². The summed E-state index contributed by atoms with van der Waals surface area (Å²) < 4.78 is 5.15. The Morgan fingerprint density at radius 2 is 1.65 bits per heavy atom. The lowest BCUT2D eigenvalue weighted by molar-refractivity contribution is -0.133. The summed E-state index contributed by atoms with van der Waals surface area (Å²) in [6.45, 7) is 3.79. The molecule has 180 valence electrons. The molecule has 5 nitrogen and oxygen atoms in total. The van der Waals surface area contributed by atoms with Crippen LogP contribution in [0.25, 0.3) is 0 Å². The maximum absolute atomic E-state index is 13.5. The second kappa shape index (κ2) is 12.9. The van der Waals surface area contributed by atoms with Gasteiger partial charge in [-0.1, -0.05) is 53.5 Å². The van der Waals surface area contributed by atoms with Crippen LogP contribution in [0.2, 0.25) is 10.0 Å². The SMILES string of the molecule is COCCCN(CC(=O)N(Cc1ccccc1)Cc1ccc(C)s1)C(=O)c1cc(Cl)cc(Cl)c1. The van der Waals surface area contributed by atoms with Crippen molar-refractivity contribution in [1.29, 1.82) is 0 Å². The monoisotopic (exact) mass is 518 g/mol. The largest absolute Gasteiger partial charge is 0.385 e. The number of hydrogen-bond acceptors (Lipinski definition) is 4. The van der Waals surface area contributed by atoms with Gasteiger partial charge >= 0.3 is 0 Å². The normalized spacial score (nSPS) is 10.8. The first kappa shape index (κ1) is 26.2. The summed E-state index contributed by atoms with van der Waals surface area (Å²) in [4.78, 5) is 32.5. The Morgan fingerprint density at radius 1 is 0.941 bits per heavy atom. The van der Waals surface area contributed by atoms with Gasteiger partial charge in [0.2, 0.25) is 5.91 Å². The molecule has 0 N–H and O–H groups in total. The number of ether oxygens (including phenoxy) is 1. The van der Waals surface area contributed by atoms with E-state index in [1.165, 1.54) is 4.88 Å². The maximum Gasteiger partial charge on any atom is 0.254 e. The van der Waals surface area contributed by atoms with Gasteiger partial charge in [0.05, 0.1) is 6.54 Å². The number of carbonyl (C=O) groups is 2. The molecule has 0 aliphatic carbocycles. The lowest BCUT2D eigenvalue weighted by Gasteiger charge is -2.28. The molecule has 0 unspecified atom stereocenters. The average Bonchev–Trinajstić information content (AvgIpc) is 3.22. The maximum atomic E-state index is 13.5. The van der Waals surface area contributed by atoms with Gasteiger partial charge in [-0.25, -0.2) is 0 Å². The molecule has 1 aromatic heterocycles. The third-order valence-electron chi connectivity index (χ3n) is 5.21. The quantitative estimate of drug-likeness (QED) is 0.289. The molecule has 3 rings (SSSR count). The van der Waals surface area contributed by atoms with E-state index in [1.54, 1.807) is 46.4 Å². The van der Waals surface area contributed by atoms with E-state index in [2.05, 4.69) is 6.07 Å². The molecular formula is C26H28Cl2N2O3S. The van der Waals surface area contributed by atoms with Crippen LogP contribution < -0.4 is 0 Å². The van der Waals surface area contributed by atoms with Crippen LogP contribution in [0.1, 0.15) is 32.1 Å². The number of amides is 2. The van der Waals surface area contributed by atoms with Crippen molar-refractivity contribution >= 4 is 46.4 Å². The number of aryl methyl sites for hydroxylation is 1. The molecule has 0 aliphatic rings. The number of methoxy groups -OCH3 is 1. The summed E-state index contributed by atoms with van der Waals surface area (Å²) in [7, 11) is 1.61. The first-order valence-corrected chi connectivity index (χ1v) is 12.5. The van der Waals surface area contributed by atoms with Crippen molar-refractivity contribution in [2.75, 3.05) is 26.8 Å². The molecular weight excluding hydrogens is 491 g/mol. The molecule has 2 aromatic carbocycles. The van der Waals surface area contributed by atoms with E-state index in [-0.39, 0.29) is 18.4 Å². The van der Waals surface area contributed by atoms with Gasteiger partial charge in [-0.05, 0) is 49.2 Å². The van der Waals surface area contributed by atoms with E-state index in [9.17, 15) is 9.59 Å². The van der Waals surface area contributed by atoms with E-state index in [1.807, 2.05) is 43.3 Å².